The van der Waals surface area contributed by atoms with Crippen LogP contribution in [0.15, 0.2) is 35.2 Å². The highest BCUT2D eigenvalue weighted by molar-refractivity contribution is 7.89. The van der Waals surface area contributed by atoms with Crippen LogP contribution >= 0.6 is 0 Å². The minimum Gasteiger partial charge on any atom is -0.480 e. The van der Waals surface area contributed by atoms with E-state index >= 15 is 0 Å². The molecule has 0 radical (unpaired) electrons. The quantitative estimate of drug-likeness (QED) is 0.632. The van der Waals surface area contributed by atoms with Crippen LogP contribution in [0, 0.1) is 12.7 Å². The number of pyridine rings is 1. The van der Waals surface area contributed by atoms with Gasteiger partial charge in [0.1, 0.15) is 23.1 Å². The normalized spacial score (nSPS) is 18.2. The molecule has 1 aliphatic carbocycles. The van der Waals surface area contributed by atoms with E-state index in [1.807, 2.05) is 11.9 Å². The minimum atomic E-state index is -3.59. The second kappa shape index (κ2) is 7.28. The average molecular weight is 459 g/mol. The van der Waals surface area contributed by atoms with Gasteiger partial charge in [0.15, 0.2) is 0 Å². The molecule has 168 valence electrons. The summed E-state index contributed by atoms with van der Waals surface area (Å²) < 4.78 is 43.3. The molecular weight excluding hydrogens is 435 g/mol. The summed E-state index contributed by atoms with van der Waals surface area (Å²) in [6.07, 6.45) is 2.08. The molecule has 1 saturated carbocycles. The number of aliphatic carboxylic acids is 1. The summed E-state index contributed by atoms with van der Waals surface area (Å²) in [4.78, 5) is 18.0. The molecule has 3 aromatic rings. The lowest BCUT2D eigenvalue weighted by atomic mass is 10.1. The van der Waals surface area contributed by atoms with Crippen LogP contribution in [-0.2, 0) is 27.8 Å². The number of sulfonamides is 1. The van der Waals surface area contributed by atoms with Crippen LogP contribution in [-0.4, -0.2) is 53.1 Å². The van der Waals surface area contributed by atoms with E-state index in [9.17, 15) is 22.7 Å². The summed E-state index contributed by atoms with van der Waals surface area (Å²) in [7, 11) is -1.77. The Morgan fingerprint density at radius 2 is 2.00 bits per heavy atom. The van der Waals surface area contributed by atoms with Crippen molar-refractivity contribution in [3.63, 3.8) is 0 Å². The van der Waals surface area contributed by atoms with Gasteiger partial charge < -0.3 is 14.6 Å². The van der Waals surface area contributed by atoms with Gasteiger partial charge in [-0.05, 0) is 55.7 Å². The Hall–Kier alpha value is -2.98. The summed E-state index contributed by atoms with van der Waals surface area (Å²) >= 11 is 0. The van der Waals surface area contributed by atoms with Gasteiger partial charge in [0.2, 0.25) is 10.0 Å². The lowest BCUT2D eigenvalue weighted by molar-refractivity contribution is -0.137. The number of carboxylic acids is 1. The monoisotopic (exact) mass is 458 g/mol. The molecule has 2 aromatic heterocycles. The second-order valence-corrected chi connectivity index (χ2v) is 10.3. The van der Waals surface area contributed by atoms with Crippen LogP contribution in [0.1, 0.15) is 29.8 Å². The lowest BCUT2D eigenvalue weighted by Crippen LogP contribution is -2.46. The third kappa shape index (κ3) is 3.34. The van der Waals surface area contributed by atoms with Crippen LogP contribution < -0.4 is 4.90 Å². The highest BCUT2D eigenvalue weighted by Crippen LogP contribution is 2.38. The van der Waals surface area contributed by atoms with Crippen molar-refractivity contribution >= 4 is 32.7 Å². The van der Waals surface area contributed by atoms with Gasteiger partial charge in [0, 0.05) is 41.8 Å². The molecular formula is C22H23FN4O4S. The van der Waals surface area contributed by atoms with Crippen LogP contribution in [0.4, 0.5) is 10.2 Å². The Morgan fingerprint density at radius 1 is 1.25 bits per heavy atom. The number of halogens is 1. The van der Waals surface area contributed by atoms with Gasteiger partial charge in [-0.2, -0.15) is 4.31 Å². The first-order valence-corrected chi connectivity index (χ1v) is 11.8. The topological polar surface area (TPSA) is 95.7 Å². The molecule has 0 atom stereocenters. The van der Waals surface area contributed by atoms with Gasteiger partial charge in [0.25, 0.3) is 0 Å². The van der Waals surface area contributed by atoms with Crippen molar-refractivity contribution in [1.29, 1.82) is 0 Å². The Labute approximate surface area is 184 Å². The fourth-order valence-corrected chi connectivity index (χ4v) is 6.32. The highest BCUT2D eigenvalue weighted by Gasteiger charge is 2.43. The van der Waals surface area contributed by atoms with Crippen molar-refractivity contribution in [3.8, 4) is 0 Å². The number of benzene rings is 1. The third-order valence-electron chi connectivity index (χ3n) is 6.22. The number of fused-ring (bicyclic) bond motifs is 2. The van der Waals surface area contributed by atoms with Crippen LogP contribution in [0.2, 0.25) is 0 Å². The number of rotatable bonds is 5. The van der Waals surface area contributed by atoms with Crippen molar-refractivity contribution in [2.24, 2.45) is 0 Å². The zero-order valence-corrected chi connectivity index (χ0v) is 18.6. The molecule has 3 heterocycles. The molecule has 0 unspecified atom stereocenters. The van der Waals surface area contributed by atoms with Crippen molar-refractivity contribution in [2.45, 2.75) is 43.7 Å². The maximum atomic E-state index is 14.0. The van der Waals surface area contributed by atoms with Crippen molar-refractivity contribution in [3.05, 3.63) is 53.1 Å². The van der Waals surface area contributed by atoms with E-state index in [0.717, 1.165) is 18.4 Å². The Kier molecular flexibility index (Phi) is 4.75. The number of carboxylic acid groups (broad SMARTS) is 1. The van der Waals surface area contributed by atoms with E-state index in [-0.39, 0.29) is 24.2 Å². The molecule has 0 saturated heterocycles. The largest absolute Gasteiger partial charge is 0.480 e. The molecule has 0 amide bonds. The molecule has 2 aliphatic rings. The third-order valence-corrected chi connectivity index (χ3v) is 8.12. The van der Waals surface area contributed by atoms with Crippen LogP contribution in [0.5, 0.6) is 0 Å². The predicted molar refractivity (Wildman–Crippen MR) is 117 cm³/mol. The fourth-order valence-electron chi connectivity index (χ4n) is 4.47. The van der Waals surface area contributed by atoms with E-state index in [1.165, 1.54) is 16.4 Å². The standard InChI is InChI=1S/C22H23FN4O4S/c1-13-17(18-9-14(23)3-7-19(18)26(13)11-21(28)29)10-15-4-8-20-22(24-15)25(2)12-27(16-5-6-16)32(20,30)31/h3-4,7-9,16H,5-6,10-12H2,1-2H3,(H,28,29). The van der Waals surface area contributed by atoms with Gasteiger partial charge in [0.05, 0.1) is 6.67 Å². The van der Waals surface area contributed by atoms with E-state index in [1.54, 1.807) is 29.7 Å². The van der Waals surface area contributed by atoms with Gasteiger partial charge >= 0.3 is 5.97 Å². The van der Waals surface area contributed by atoms with E-state index < -0.39 is 21.8 Å². The fraction of sp³-hybridized carbons (Fsp3) is 0.364. The predicted octanol–water partition coefficient (Wildman–Crippen LogP) is 2.72. The summed E-state index contributed by atoms with van der Waals surface area (Å²) in [5.74, 6) is -0.993. The summed E-state index contributed by atoms with van der Waals surface area (Å²) in [5.41, 5.74) is 2.76. The zero-order chi connectivity index (χ0) is 22.8. The molecule has 1 aliphatic heterocycles. The molecule has 32 heavy (non-hydrogen) atoms. The number of nitrogens with zero attached hydrogens (tertiary/aromatic N) is 4. The first kappa shape index (κ1) is 20.9. The van der Waals surface area contributed by atoms with Gasteiger partial charge in [-0.25, -0.2) is 17.8 Å². The van der Waals surface area contributed by atoms with Gasteiger partial charge in [-0.15, -0.1) is 0 Å². The van der Waals surface area contributed by atoms with Crippen molar-refractivity contribution in [2.75, 3.05) is 18.6 Å². The van der Waals surface area contributed by atoms with Crippen LogP contribution in [0.25, 0.3) is 10.9 Å². The summed E-state index contributed by atoms with van der Waals surface area (Å²) in [6.45, 7) is 1.83. The molecule has 5 rings (SSSR count). The molecule has 1 fully saturated rings. The van der Waals surface area contributed by atoms with Gasteiger partial charge in [-0.3, -0.25) is 4.79 Å². The smallest absolute Gasteiger partial charge is 0.323 e. The summed E-state index contributed by atoms with van der Waals surface area (Å²) in [5, 5.41) is 9.94. The minimum absolute atomic E-state index is 0.0631. The second-order valence-electron chi connectivity index (χ2n) is 8.47. The van der Waals surface area contributed by atoms with E-state index in [0.29, 0.717) is 34.5 Å². The molecule has 1 aromatic carbocycles. The molecule has 1 N–H and O–H groups in total. The molecule has 0 bridgehead atoms. The SMILES string of the molecule is Cc1c(Cc2ccc3c(n2)N(C)CN(C2CC2)S3(=O)=O)c2cc(F)ccc2n1CC(=O)O. The number of hydrogen-bond donors (Lipinski definition) is 1. The maximum Gasteiger partial charge on any atom is 0.323 e. The molecule has 10 heteroatoms. The number of hydrogen-bond acceptors (Lipinski definition) is 5. The Morgan fingerprint density at radius 3 is 2.69 bits per heavy atom. The van der Waals surface area contributed by atoms with Gasteiger partial charge in [-0.1, -0.05) is 0 Å². The first-order chi connectivity index (χ1) is 15.2. The Balaban J connectivity index is 1.57. The number of carbonyl (C=O) groups is 1. The summed E-state index contributed by atoms with van der Waals surface area (Å²) in [6, 6.07) is 7.62. The van der Waals surface area contributed by atoms with Crippen molar-refractivity contribution < 1.29 is 22.7 Å². The Bertz CT molecular complexity index is 1360. The van der Waals surface area contributed by atoms with Crippen LogP contribution in [0.3, 0.4) is 0 Å². The maximum absolute atomic E-state index is 14.0. The average Bonchev–Trinajstić information content (AvgIpc) is 3.54. The zero-order valence-electron chi connectivity index (χ0n) is 17.7. The lowest BCUT2D eigenvalue weighted by Gasteiger charge is -2.34. The molecule has 8 nitrogen and oxygen atoms in total. The van der Waals surface area contributed by atoms with Crippen molar-refractivity contribution in [1.82, 2.24) is 13.9 Å². The highest BCUT2D eigenvalue weighted by atomic mass is 32.2. The first-order valence-electron chi connectivity index (χ1n) is 10.4. The number of anilines is 1. The number of aromatic nitrogens is 2. The van der Waals surface area contributed by atoms with E-state index in [4.69, 9.17) is 0 Å². The van der Waals surface area contributed by atoms with E-state index in [2.05, 4.69) is 4.98 Å². The molecule has 0 spiro atoms.